The zero-order valence-corrected chi connectivity index (χ0v) is 8.69. The van der Waals surface area contributed by atoms with Crippen LogP contribution in [0.2, 0.25) is 0 Å². The van der Waals surface area contributed by atoms with Crippen LogP contribution in [-0.4, -0.2) is 23.6 Å². The molecule has 6 nitrogen and oxygen atoms in total. The second-order valence-corrected chi connectivity index (χ2v) is 2.96. The van der Waals surface area contributed by atoms with Gasteiger partial charge in [-0.05, 0) is 25.1 Å². The van der Waals surface area contributed by atoms with Gasteiger partial charge in [0.2, 0.25) is 0 Å². The molecule has 0 aliphatic heterocycles. The molecule has 0 spiro atoms. The first kappa shape index (κ1) is 12.0. The molecule has 0 aliphatic rings. The highest BCUT2D eigenvalue weighted by Crippen LogP contribution is 2.16. The van der Waals surface area contributed by atoms with Crippen molar-refractivity contribution in [1.82, 2.24) is 5.43 Å². The molecule has 6 heteroatoms. The number of rotatable bonds is 3. The number of nitrogens with two attached hydrogens (primary N) is 1. The molecule has 1 aromatic carbocycles. The third-order valence-electron chi connectivity index (χ3n) is 1.82. The number of carbonyl (C=O) groups is 2. The molecule has 4 N–H and O–H groups in total. The lowest BCUT2D eigenvalue weighted by Crippen LogP contribution is -2.30. The van der Waals surface area contributed by atoms with Gasteiger partial charge in [-0.3, -0.25) is 10.2 Å². The van der Waals surface area contributed by atoms with Crippen LogP contribution in [0.1, 0.15) is 27.6 Å². The molecule has 0 atom stereocenters. The molecule has 0 aromatic heterocycles. The van der Waals surface area contributed by atoms with Gasteiger partial charge in [0.25, 0.3) is 5.91 Å². The van der Waals surface area contributed by atoms with Crippen LogP contribution in [0.25, 0.3) is 0 Å². The summed E-state index contributed by atoms with van der Waals surface area (Å²) < 4.78 is 4.74. The van der Waals surface area contributed by atoms with E-state index in [-0.39, 0.29) is 23.5 Å². The molecule has 0 unspecified atom stereocenters. The van der Waals surface area contributed by atoms with E-state index in [1.54, 1.807) is 6.92 Å². The van der Waals surface area contributed by atoms with Gasteiger partial charge in [-0.15, -0.1) is 0 Å². The maximum Gasteiger partial charge on any atom is 0.338 e. The summed E-state index contributed by atoms with van der Waals surface area (Å²) in [4.78, 5) is 22.6. The van der Waals surface area contributed by atoms with Crippen LogP contribution in [0.5, 0.6) is 5.75 Å². The number of benzene rings is 1. The van der Waals surface area contributed by atoms with Crippen molar-refractivity contribution in [1.29, 1.82) is 0 Å². The number of nitrogens with one attached hydrogen (secondary N) is 1. The van der Waals surface area contributed by atoms with Gasteiger partial charge >= 0.3 is 5.97 Å². The first-order valence-electron chi connectivity index (χ1n) is 4.60. The number of amides is 1. The molecule has 1 aromatic rings. The lowest BCUT2D eigenvalue weighted by molar-refractivity contribution is 0.0526. The Morgan fingerprint density at radius 3 is 2.56 bits per heavy atom. The van der Waals surface area contributed by atoms with Gasteiger partial charge in [-0.2, -0.15) is 0 Å². The molecule has 1 rings (SSSR count). The minimum Gasteiger partial charge on any atom is -0.508 e. The quantitative estimate of drug-likeness (QED) is 0.294. The summed E-state index contributed by atoms with van der Waals surface area (Å²) >= 11 is 0. The van der Waals surface area contributed by atoms with Gasteiger partial charge in [-0.1, -0.05) is 0 Å². The highest BCUT2D eigenvalue weighted by atomic mass is 16.5. The molecule has 0 saturated heterocycles. The third-order valence-corrected chi connectivity index (χ3v) is 1.82. The SMILES string of the molecule is CCOC(=O)c1cc(O)cc(C(=O)NN)c1. The summed E-state index contributed by atoms with van der Waals surface area (Å²) in [6.45, 7) is 1.88. The summed E-state index contributed by atoms with van der Waals surface area (Å²) in [5.74, 6) is 3.53. The van der Waals surface area contributed by atoms with E-state index >= 15 is 0 Å². The molecule has 0 radical (unpaired) electrons. The minimum atomic E-state index is -0.607. The maximum atomic E-state index is 11.4. The number of ether oxygens (including phenoxy) is 1. The first-order valence-corrected chi connectivity index (χ1v) is 4.60. The Hall–Kier alpha value is -2.08. The predicted octanol–water partition coefficient (Wildman–Crippen LogP) is 0.172. The van der Waals surface area contributed by atoms with Gasteiger partial charge < -0.3 is 9.84 Å². The number of phenols is 1. The van der Waals surface area contributed by atoms with Crippen LogP contribution < -0.4 is 11.3 Å². The molecular weight excluding hydrogens is 212 g/mol. The molecule has 0 saturated carbocycles. The Morgan fingerprint density at radius 2 is 2.00 bits per heavy atom. The molecule has 0 aliphatic carbocycles. The van der Waals surface area contributed by atoms with Crippen molar-refractivity contribution in [3.05, 3.63) is 29.3 Å². The van der Waals surface area contributed by atoms with Crippen LogP contribution >= 0.6 is 0 Å². The van der Waals surface area contributed by atoms with E-state index in [1.165, 1.54) is 18.2 Å². The van der Waals surface area contributed by atoms with E-state index < -0.39 is 11.9 Å². The van der Waals surface area contributed by atoms with E-state index in [2.05, 4.69) is 0 Å². The third kappa shape index (κ3) is 2.71. The topological polar surface area (TPSA) is 102 Å². The summed E-state index contributed by atoms with van der Waals surface area (Å²) in [6.07, 6.45) is 0. The van der Waals surface area contributed by atoms with Crippen LogP contribution in [-0.2, 0) is 4.74 Å². The number of aromatic hydroxyl groups is 1. The van der Waals surface area contributed by atoms with Crippen LogP contribution in [0, 0.1) is 0 Å². The van der Waals surface area contributed by atoms with Gasteiger partial charge in [0, 0.05) is 5.56 Å². The number of hydrogen-bond donors (Lipinski definition) is 3. The molecule has 0 bridgehead atoms. The standard InChI is InChI=1S/C10H12N2O4/c1-2-16-10(15)7-3-6(9(14)12-11)4-8(13)5-7/h3-5,13H,2,11H2,1H3,(H,12,14). The van der Waals surface area contributed by atoms with Crippen molar-refractivity contribution < 1.29 is 19.4 Å². The van der Waals surface area contributed by atoms with Crippen molar-refractivity contribution in [2.45, 2.75) is 6.92 Å². The van der Waals surface area contributed by atoms with Crippen molar-refractivity contribution in [2.75, 3.05) is 6.61 Å². The fraction of sp³-hybridized carbons (Fsp3) is 0.200. The number of carbonyl (C=O) groups excluding carboxylic acids is 2. The van der Waals surface area contributed by atoms with Gasteiger partial charge in [0.1, 0.15) is 5.75 Å². The monoisotopic (exact) mass is 224 g/mol. The normalized spacial score (nSPS) is 9.62. The van der Waals surface area contributed by atoms with E-state index in [9.17, 15) is 14.7 Å². The Labute approximate surface area is 92.0 Å². The Kier molecular flexibility index (Phi) is 3.84. The highest BCUT2D eigenvalue weighted by Gasteiger charge is 2.12. The van der Waals surface area contributed by atoms with E-state index in [4.69, 9.17) is 10.6 Å². The van der Waals surface area contributed by atoms with Crippen molar-refractivity contribution >= 4 is 11.9 Å². The molecule has 16 heavy (non-hydrogen) atoms. The van der Waals surface area contributed by atoms with Gasteiger partial charge in [0.15, 0.2) is 0 Å². The van der Waals surface area contributed by atoms with Gasteiger partial charge in [0.05, 0.1) is 12.2 Å². The fourth-order valence-corrected chi connectivity index (χ4v) is 1.16. The molecule has 86 valence electrons. The summed E-state index contributed by atoms with van der Waals surface area (Å²) in [5.41, 5.74) is 2.09. The van der Waals surface area contributed by atoms with E-state index in [0.29, 0.717) is 0 Å². The second kappa shape index (κ2) is 5.13. The first-order chi connectivity index (χ1) is 7.58. The summed E-state index contributed by atoms with van der Waals surface area (Å²) in [7, 11) is 0. The maximum absolute atomic E-state index is 11.4. The minimum absolute atomic E-state index is 0.0885. The Morgan fingerprint density at radius 1 is 1.38 bits per heavy atom. The summed E-state index contributed by atoms with van der Waals surface area (Å²) in [6, 6.07) is 3.70. The average Bonchev–Trinajstić information content (AvgIpc) is 2.27. The summed E-state index contributed by atoms with van der Waals surface area (Å²) in [5, 5.41) is 9.33. The lowest BCUT2D eigenvalue weighted by atomic mass is 10.1. The Balaban J connectivity index is 3.07. The highest BCUT2D eigenvalue weighted by molar-refractivity contribution is 5.98. The number of phenolic OH excluding ortho intramolecular Hbond substituents is 1. The molecule has 1 amide bonds. The average molecular weight is 224 g/mol. The lowest BCUT2D eigenvalue weighted by Gasteiger charge is -2.05. The van der Waals surface area contributed by atoms with Gasteiger partial charge in [-0.25, -0.2) is 10.6 Å². The predicted molar refractivity (Wildman–Crippen MR) is 55.7 cm³/mol. The second-order valence-electron chi connectivity index (χ2n) is 2.96. The van der Waals surface area contributed by atoms with Crippen LogP contribution in [0.3, 0.4) is 0 Å². The van der Waals surface area contributed by atoms with E-state index in [0.717, 1.165) is 0 Å². The van der Waals surface area contributed by atoms with E-state index in [1.807, 2.05) is 5.43 Å². The molecule has 0 fully saturated rings. The largest absolute Gasteiger partial charge is 0.508 e. The molecular formula is C10H12N2O4. The van der Waals surface area contributed by atoms with Crippen molar-refractivity contribution in [3.63, 3.8) is 0 Å². The number of hydrogen-bond acceptors (Lipinski definition) is 5. The molecule has 0 heterocycles. The number of esters is 1. The number of hydrazine groups is 1. The fourth-order valence-electron chi connectivity index (χ4n) is 1.16. The number of nitrogen functional groups attached to an aromatic ring is 1. The van der Waals surface area contributed by atoms with Crippen molar-refractivity contribution in [2.24, 2.45) is 5.84 Å². The zero-order valence-electron chi connectivity index (χ0n) is 8.69. The van der Waals surface area contributed by atoms with Crippen molar-refractivity contribution in [3.8, 4) is 5.75 Å². The zero-order chi connectivity index (χ0) is 12.1. The van der Waals surface area contributed by atoms with Crippen LogP contribution in [0.4, 0.5) is 0 Å². The Bertz CT molecular complexity index is 417. The van der Waals surface area contributed by atoms with Crippen LogP contribution in [0.15, 0.2) is 18.2 Å². The smallest absolute Gasteiger partial charge is 0.338 e.